The molecule has 0 aliphatic carbocycles. The molecule has 22 heavy (non-hydrogen) atoms. The number of amides is 1. The molecule has 0 unspecified atom stereocenters. The Labute approximate surface area is 132 Å². The van der Waals surface area contributed by atoms with E-state index in [0.717, 1.165) is 38.0 Å². The Morgan fingerprint density at radius 1 is 1.14 bits per heavy atom. The van der Waals surface area contributed by atoms with Gasteiger partial charge in [0.15, 0.2) is 0 Å². The predicted molar refractivity (Wildman–Crippen MR) is 87.6 cm³/mol. The third-order valence-electron chi connectivity index (χ3n) is 4.35. The van der Waals surface area contributed by atoms with E-state index in [1.54, 1.807) is 0 Å². The van der Waals surface area contributed by atoms with Crippen molar-refractivity contribution in [3.05, 3.63) is 66.0 Å². The highest BCUT2D eigenvalue weighted by molar-refractivity contribution is 5.76. The monoisotopic (exact) mass is 294 g/mol. The number of carbonyl (C=O) groups is 1. The van der Waals surface area contributed by atoms with Gasteiger partial charge in [-0.25, -0.2) is 0 Å². The second-order valence-corrected chi connectivity index (χ2v) is 5.92. The molecule has 3 rings (SSSR count). The SMILES string of the molecule is O=C(CCCc1ccccc1)N1CC[C@@H](c2ccccn2)C1. The average molecular weight is 294 g/mol. The van der Waals surface area contributed by atoms with E-state index < -0.39 is 0 Å². The van der Waals surface area contributed by atoms with Gasteiger partial charge in [-0.2, -0.15) is 0 Å². The number of pyridine rings is 1. The molecule has 1 aliphatic heterocycles. The largest absolute Gasteiger partial charge is 0.342 e. The number of benzene rings is 1. The van der Waals surface area contributed by atoms with Crippen molar-refractivity contribution in [3.8, 4) is 0 Å². The Kier molecular flexibility index (Phi) is 4.84. The highest BCUT2D eigenvalue weighted by atomic mass is 16.2. The van der Waals surface area contributed by atoms with E-state index in [-0.39, 0.29) is 5.91 Å². The average Bonchev–Trinajstić information content (AvgIpc) is 3.07. The standard InChI is InChI=1S/C19H22N2O/c22-19(11-6-9-16-7-2-1-3-8-16)21-14-12-17(15-21)18-10-4-5-13-20-18/h1-5,7-8,10,13,17H,6,9,11-12,14-15H2/t17-/m1/s1. The molecule has 3 heteroatoms. The van der Waals surface area contributed by atoms with Gasteiger partial charge in [0.2, 0.25) is 5.91 Å². The molecule has 1 amide bonds. The minimum atomic E-state index is 0.286. The lowest BCUT2D eigenvalue weighted by Crippen LogP contribution is -2.28. The predicted octanol–water partition coefficient (Wildman–Crippen LogP) is 3.42. The zero-order valence-electron chi connectivity index (χ0n) is 12.8. The number of carbonyl (C=O) groups excluding carboxylic acids is 1. The van der Waals surface area contributed by atoms with Gasteiger partial charge < -0.3 is 4.90 Å². The highest BCUT2D eigenvalue weighted by Crippen LogP contribution is 2.26. The minimum Gasteiger partial charge on any atom is -0.342 e. The van der Waals surface area contributed by atoms with Crippen molar-refractivity contribution in [3.63, 3.8) is 0 Å². The van der Waals surface area contributed by atoms with Crippen molar-refractivity contribution < 1.29 is 4.79 Å². The van der Waals surface area contributed by atoms with Gasteiger partial charge in [-0.1, -0.05) is 36.4 Å². The molecular formula is C19H22N2O. The smallest absolute Gasteiger partial charge is 0.222 e. The summed E-state index contributed by atoms with van der Waals surface area (Å²) in [6.07, 6.45) is 5.41. The minimum absolute atomic E-state index is 0.286. The fourth-order valence-electron chi connectivity index (χ4n) is 3.09. The normalized spacial score (nSPS) is 17.6. The van der Waals surface area contributed by atoms with E-state index in [1.165, 1.54) is 5.56 Å². The van der Waals surface area contributed by atoms with E-state index in [4.69, 9.17) is 0 Å². The second kappa shape index (κ2) is 7.21. The molecule has 1 aromatic heterocycles. The number of aryl methyl sites for hydroxylation is 1. The van der Waals surface area contributed by atoms with Crippen LogP contribution >= 0.6 is 0 Å². The summed E-state index contributed by atoms with van der Waals surface area (Å²) in [6.45, 7) is 1.69. The van der Waals surface area contributed by atoms with Crippen molar-refractivity contribution in [2.45, 2.75) is 31.6 Å². The van der Waals surface area contributed by atoms with Gasteiger partial charge in [0.05, 0.1) is 0 Å². The number of hydrogen-bond donors (Lipinski definition) is 0. The number of rotatable bonds is 5. The third-order valence-corrected chi connectivity index (χ3v) is 4.35. The number of nitrogens with zero attached hydrogens (tertiary/aromatic N) is 2. The molecule has 114 valence electrons. The first-order chi connectivity index (χ1) is 10.8. The van der Waals surface area contributed by atoms with Gasteiger partial charge in [-0.15, -0.1) is 0 Å². The summed E-state index contributed by atoms with van der Waals surface area (Å²) in [7, 11) is 0. The van der Waals surface area contributed by atoms with Gasteiger partial charge in [0, 0.05) is 37.3 Å². The molecule has 1 aliphatic rings. The van der Waals surface area contributed by atoms with E-state index in [1.807, 2.05) is 29.3 Å². The van der Waals surface area contributed by atoms with Crippen LogP contribution in [0, 0.1) is 0 Å². The van der Waals surface area contributed by atoms with Crippen LogP contribution in [0.4, 0.5) is 0 Å². The summed E-state index contributed by atoms with van der Waals surface area (Å²) in [6, 6.07) is 16.4. The van der Waals surface area contributed by atoms with E-state index in [2.05, 4.69) is 35.3 Å². The van der Waals surface area contributed by atoms with Crippen LogP contribution < -0.4 is 0 Å². The Morgan fingerprint density at radius 2 is 1.95 bits per heavy atom. The van der Waals surface area contributed by atoms with E-state index >= 15 is 0 Å². The molecule has 0 N–H and O–H groups in total. The second-order valence-electron chi connectivity index (χ2n) is 5.92. The first-order valence-corrected chi connectivity index (χ1v) is 8.05. The molecule has 1 atom stereocenters. The summed E-state index contributed by atoms with van der Waals surface area (Å²) < 4.78 is 0. The summed E-state index contributed by atoms with van der Waals surface area (Å²) in [4.78, 5) is 18.7. The maximum atomic E-state index is 12.3. The Hall–Kier alpha value is -2.16. The molecule has 0 radical (unpaired) electrons. The number of hydrogen-bond acceptors (Lipinski definition) is 2. The van der Waals surface area contributed by atoms with Crippen molar-refractivity contribution in [2.75, 3.05) is 13.1 Å². The molecule has 0 bridgehead atoms. The molecule has 1 aromatic carbocycles. The topological polar surface area (TPSA) is 33.2 Å². The van der Waals surface area contributed by atoms with Crippen LogP contribution in [0.25, 0.3) is 0 Å². The summed E-state index contributed by atoms with van der Waals surface area (Å²) in [5.74, 6) is 0.689. The van der Waals surface area contributed by atoms with E-state index in [9.17, 15) is 4.79 Å². The quantitative estimate of drug-likeness (QED) is 0.846. The Morgan fingerprint density at radius 3 is 2.73 bits per heavy atom. The van der Waals surface area contributed by atoms with Crippen LogP contribution in [0.5, 0.6) is 0 Å². The van der Waals surface area contributed by atoms with E-state index in [0.29, 0.717) is 12.3 Å². The maximum absolute atomic E-state index is 12.3. The Bertz CT molecular complexity index is 597. The lowest BCUT2D eigenvalue weighted by molar-refractivity contribution is -0.130. The molecule has 3 nitrogen and oxygen atoms in total. The van der Waals surface area contributed by atoms with Crippen LogP contribution in [0.2, 0.25) is 0 Å². The Balaban J connectivity index is 1.46. The van der Waals surface area contributed by atoms with Crippen molar-refractivity contribution in [1.82, 2.24) is 9.88 Å². The van der Waals surface area contributed by atoms with Crippen molar-refractivity contribution >= 4 is 5.91 Å². The van der Waals surface area contributed by atoms with Crippen LogP contribution in [0.1, 0.15) is 36.4 Å². The molecule has 1 fully saturated rings. The van der Waals surface area contributed by atoms with Gasteiger partial charge in [0.1, 0.15) is 0 Å². The highest BCUT2D eigenvalue weighted by Gasteiger charge is 2.27. The van der Waals surface area contributed by atoms with Gasteiger partial charge >= 0.3 is 0 Å². The first-order valence-electron chi connectivity index (χ1n) is 8.05. The fraction of sp³-hybridized carbons (Fsp3) is 0.368. The van der Waals surface area contributed by atoms with Crippen LogP contribution in [0.15, 0.2) is 54.7 Å². The zero-order valence-corrected chi connectivity index (χ0v) is 12.8. The lowest BCUT2D eigenvalue weighted by Gasteiger charge is -2.16. The molecule has 0 spiro atoms. The molecule has 0 saturated carbocycles. The third kappa shape index (κ3) is 3.73. The number of aromatic nitrogens is 1. The zero-order chi connectivity index (χ0) is 15.2. The summed E-state index contributed by atoms with van der Waals surface area (Å²) >= 11 is 0. The molecule has 1 saturated heterocycles. The first kappa shape index (κ1) is 14.8. The van der Waals surface area contributed by atoms with Gasteiger partial charge in [-0.05, 0) is 37.0 Å². The maximum Gasteiger partial charge on any atom is 0.222 e. The van der Waals surface area contributed by atoms with Crippen LogP contribution in [0.3, 0.4) is 0 Å². The van der Waals surface area contributed by atoms with Gasteiger partial charge in [-0.3, -0.25) is 9.78 Å². The summed E-state index contributed by atoms with van der Waals surface area (Å²) in [5.41, 5.74) is 2.42. The fourth-order valence-corrected chi connectivity index (χ4v) is 3.09. The molecule has 2 heterocycles. The lowest BCUT2D eigenvalue weighted by atomic mass is 10.0. The molecule has 2 aromatic rings. The van der Waals surface area contributed by atoms with Crippen LogP contribution in [-0.2, 0) is 11.2 Å². The van der Waals surface area contributed by atoms with Crippen LogP contribution in [-0.4, -0.2) is 28.9 Å². The number of likely N-dealkylation sites (tertiary alicyclic amines) is 1. The van der Waals surface area contributed by atoms with Crippen molar-refractivity contribution in [2.24, 2.45) is 0 Å². The summed E-state index contributed by atoms with van der Waals surface area (Å²) in [5, 5.41) is 0. The van der Waals surface area contributed by atoms with Crippen molar-refractivity contribution in [1.29, 1.82) is 0 Å². The molecular weight excluding hydrogens is 272 g/mol. The van der Waals surface area contributed by atoms with Gasteiger partial charge in [0.25, 0.3) is 0 Å².